The second-order valence-electron chi connectivity index (χ2n) is 4.72. The molecule has 0 aliphatic heterocycles. The van der Waals surface area contributed by atoms with Gasteiger partial charge < -0.3 is 10.5 Å². The van der Waals surface area contributed by atoms with E-state index in [-0.39, 0.29) is 11.6 Å². The van der Waals surface area contributed by atoms with Gasteiger partial charge in [0.25, 0.3) is 0 Å². The molecule has 0 aromatic heterocycles. The lowest BCUT2D eigenvalue weighted by Gasteiger charge is -2.17. The molecule has 0 amide bonds. The zero-order valence-electron chi connectivity index (χ0n) is 11.2. The molecule has 2 aromatic carbocycles. The molecule has 2 rings (SSSR count). The topological polar surface area (TPSA) is 35.2 Å². The van der Waals surface area contributed by atoms with Crippen LogP contribution in [0.1, 0.15) is 24.1 Å². The van der Waals surface area contributed by atoms with Crippen molar-refractivity contribution in [2.24, 2.45) is 5.73 Å². The maximum absolute atomic E-state index is 13.9. The average molecular weight is 277 g/mol. The minimum absolute atomic E-state index is 0.0489. The van der Waals surface area contributed by atoms with Crippen molar-refractivity contribution < 1.29 is 13.5 Å². The van der Waals surface area contributed by atoms with Crippen molar-refractivity contribution in [3.63, 3.8) is 0 Å². The molecule has 1 atom stereocenters. The highest BCUT2D eigenvalue weighted by Crippen LogP contribution is 2.28. The Morgan fingerprint density at radius 2 is 1.65 bits per heavy atom. The first kappa shape index (κ1) is 14.5. The van der Waals surface area contributed by atoms with Crippen molar-refractivity contribution in [1.82, 2.24) is 0 Å². The fourth-order valence-corrected chi connectivity index (χ4v) is 1.81. The van der Waals surface area contributed by atoms with E-state index in [1.54, 1.807) is 42.5 Å². The molecule has 0 heterocycles. The third kappa shape index (κ3) is 3.54. The molecule has 0 aliphatic rings. The van der Waals surface area contributed by atoms with Gasteiger partial charge >= 0.3 is 5.92 Å². The van der Waals surface area contributed by atoms with E-state index >= 15 is 0 Å². The Hall–Kier alpha value is -1.94. The van der Waals surface area contributed by atoms with Crippen LogP contribution in [0.3, 0.4) is 0 Å². The minimum Gasteiger partial charge on any atom is -0.487 e. The van der Waals surface area contributed by atoms with E-state index in [0.717, 1.165) is 5.56 Å². The molecule has 2 aromatic rings. The van der Waals surface area contributed by atoms with Gasteiger partial charge in [0.2, 0.25) is 0 Å². The predicted octanol–water partition coefficient (Wildman–Crippen LogP) is 3.88. The maximum Gasteiger partial charge on any atom is 0.306 e. The number of rotatable bonds is 5. The Morgan fingerprint density at radius 3 is 2.20 bits per heavy atom. The summed E-state index contributed by atoms with van der Waals surface area (Å²) in [6, 6.07) is 14.4. The van der Waals surface area contributed by atoms with Crippen LogP contribution in [-0.4, -0.2) is 6.61 Å². The van der Waals surface area contributed by atoms with Crippen LogP contribution in [0.5, 0.6) is 5.75 Å². The molecule has 0 spiro atoms. The van der Waals surface area contributed by atoms with Gasteiger partial charge in [-0.25, -0.2) is 0 Å². The van der Waals surface area contributed by atoms with Crippen LogP contribution in [0.15, 0.2) is 54.6 Å². The first-order valence-electron chi connectivity index (χ1n) is 6.41. The lowest BCUT2D eigenvalue weighted by atomic mass is 10.1. The molecule has 0 aliphatic carbocycles. The number of alkyl halides is 2. The summed E-state index contributed by atoms with van der Waals surface area (Å²) in [7, 11) is 0. The number of ether oxygens (including phenoxy) is 1. The number of benzene rings is 2. The summed E-state index contributed by atoms with van der Waals surface area (Å²) in [6.07, 6.45) is 0. The van der Waals surface area contributed by atoms with Gasteiger partial charge in [-0.15, -0.1) is 0 Å². The Balaban J connectivity index is 2.01. The largest absolute Gasteiger partial charge is 0.487 e. The summed E-state index contributed by atoms with van der Waals surface area (Å²) in [5.74, 6) is -2.61. The molecule has 0 saturated carbocycles. The van der Waals surface area contributed by atoms with Crippen molar-refractivity contribution in [2.45, 2.75) is 18.9 Å². The summed E-state index contributed by atoms with van der Waals surface area (Å²) in [5, 5.41) is 0. The van der Waals surface area contributed by atoms with Crippen LogP contribution in [-0.2, 0) is 5.92 Å². The highest BCUT2D eigenvalue weighted by molar-refractivity contribution is 5.29. The quantitative estimate of drug-likeness (QED) is 0.900. The standard InChI is InChI=1S/C16H17F2NO/c1-12(19)13-7-9-15(10-8-13)20-11-16(17,18)14-5-3-2-4-6-14/h2-10,12H,11,19H2,1H3. The Morgan fingerprint density at radius 1 is 1.05 bits per heavy atom. The second-order valence-corrected chi connectivity index (χ2v) is 4.72. The van der Waals surface area contributed by atoms with Crippen molar-refractivity contribution in [1.29, 1.82) is 0 Å². The summed E-state index contributed by atoms with van der Waals surface area (Å²) < 4.78 is 33.0. The first-order valence-corrected chi connectivity index (χ1v) is 6.41. The van der Waals surface area contributed by atoms with E-state index in [4.69, 9.17) is 10.5 Å². The highest BCUT2D eigenvalue weighted by Gasteiger charge is 2.32. The lowest BCUT2D eigenvalue weighted by Crippen LogP contribution is -2.23. The van der Waals surface area contributed by atoms with E-state index in [1.165, 1.54) is 12.1 Å². The van der Waals surface area contributed by atoms with E-state index in [2.05, 4.69) is 0 Å². The monoisotopic (exact) mass is 277 g/mol. The predicted molar refractivity (Wildman–Crippen MR) is 74.9 cm³/mol. The molecule has 4 heteroatoms. The van der Waals surface area contributed by atoms with Gasteiger partial charge in [0.1, 0.15) is 5.75 Å². The molecule has 2 nitrogen and oxygen atoms in total. The Bertz CT molecular complexity index is 538. The summed E-state index contributed by atoms with van der Waals surface area (Å²) in [4.78, 5) is 0. The van der Waals surface area contributed by atoms with Crippen LogP contribution in [0.2, 0.25) is 0 Å². The fourth-order valence-electron chi connectivity index (χ4n) is 1.81. The molecule has 106 valence electrons. The summed E-state index contributed by atoms with van der Waals surface area (Å²) >= 11 is 0. The number of nitrogens with two attached hydrogens (primary N) is 1. The summed E-state index contributed by atoms with van der Waals surface area (Å²) in [6.45, 7) is 1.17. The van der Waals surface area contributed by atoms with Crippen LogP contribution in [0.4, 0.5) is 8.78 Å². The van der Waals surface area contributed by atoms with E-state index in [0.29, 0.717) is 5.75 Å². The number of halogens is 2. The van der Waals surface area contributed by atoms with Crippen molar-refractivity contribution in [2.75, 3.05) is 6.61 Å². The van der Waals surface area contributed by atoms with E-state index in [1.807, 2.05) is 6.92 Å². The van der Waals surface area contributed by atoms with E-state index in [9.17, 15) is 8.78 Å². The van der Waals surface area contributed by atoms with Crippen LogP contribution in [0, 0.1) is 0 Å². The Labute approximate surface area is 117 Å². The molecule has 0 radical (unpaired) electrons. The normalized spacial score (nSPS) is 13.0. The van der Waals surface area contributed by atoms with Gasteiger partial charge in [-0.2, -0.15) is 8.78 Å². The highest BCUT2D eigenvalue weighted by atomic mass is 19.3. The van der Waals surface area contributed by atoms with Crippen LogP contribution < -0.4 is 10.5 Å². The minimum atomic E-state index is -3.01. The smallest absolute Gasteiger partial charge is 0.306 e. The molecule has 1 unspecified atom stereocenters. The molecule has 20 heavy (non-hydrogen) atoms. The molecule has 0 saturated heterocycles. The zero-order valence-corrected chi connectivity index (χ0v) is 11.2. The Kier molecular flexibility index (Phi) is 4.35. The fraction of sp³-hybridized carbons (Fsp3) is 0.250. The SMILES string of the molecule is CC(N)c1ccc(OCC(F)(F)c2ccccc2)cc1. The van der Waals surface area contributed by atoms with Gasteiger partial charge in [0.15, 0.2) is 6.61 Å². The molecule has 0 bridgehead atoms. The number of hydrogen-bond donors (Lipinski definition) is 1. The van der Waals surface area contributed by atoms with Crippen molar-refractivity contribution >= 4 is 0 Å². The van der Waals surface area contributed by atoms with Gasteiger partial charge in [0, 0.05) is 11.6 Å². The third-order valence-corrected chi connectivity index (χ3v) is 3.02. The molecule has 0 fully saturated rings. The maximum atomic E-state index is 13.9. The van der Waals surface area contributed by atoms with Gasteiger partial charge in [-0.05, 0) is 24.6 Å². The van der Waals surface area contributed by atoms with Gasteiger partial charge in [-0.1, -0.05) is 42.5 Å². The van der Waals surface area contributed by atoms with Crippen LogP contribution >= 0.6 is 0 Å². The van der Waals surface area contributed by atoms with Crippen molar-refractivity contribution in [3.8, 4) is 5.75 Å². The van der Waals surface area contributed by atoms with Gasteiger partial charge in [-0.3, -0.25) is 0 Å². The van der Waals surface area contributed by atoms with Gasteiger partial charge in [0.05, 0.1) is 0 Å². The number of hydrogen-bond acceptors (Lipinski definition) is 2. The van der Waals surface area contributed by atoms with Crippen LogP contribution in [0.25, 0.3) is 0 Å². The van der Waals surface area contributed by atoms with Crippen molar-refractivity contribution in [3.05, 3.63) is 65.7 Å². The zero-order chi connectivity index (χ0) is 14.6. The molecular weight excluding hydrogens is 260 g/mol. The van der Waals surface area contributed by atoms with E-state index < -0.39 is 12.5 Å². The first-order chi connectivity index (χ1) is 9.49. The third-order valence-electron chi connectivity index (χ3n) is 3.02. The molecular formula is C16H17F2NO. The lowest BCUT2D eigenvalue weighted by molar-refractivity contribution is -0.0467. The average Bonchev–Trinajstić information content (AvgIpc) is 2.46. The summed E-state index contributed by atoms with van der Waals surface area (Å²) in [5.41, 5.74) is 6.61. The second kappa shape index (κ2) is 6.01. The molecule has 2 N–H and O–H groups in total.